The molecule has 0 spiro atoms. The van der Waals surface area contributed by atoms with Gasteiger partial charge in [0, 0.05) is 13.0 Å². The third-order valence-corrected chi connectivity index (χ3v) is 4.54. The van der Waals surface area contributed by atoms with Crippen molar-refractivity contribution in [3.63, 3.8) is 0 Å². The van der Waals surface area contributed by atoms with Gasteiger partial charge in [0.2, 0.25) is 0 Å². The van der Waals surface area contributed by atoms with Crippen LogP contribution in [0.25, 0.3) is 11.0 Å². The van der Waals surface area contributed by atoms with Gasteiger partial charge in [0.15, 0.2) is 0 Å². The van der Waals surface area contributed by atoms with E-state index in [1.54, 1.807) is 0 Å². The van der Waals surface area contributed by atoms with Crippen LogP contribution in [0, 0.1) is 5.92 Å². The highest BCUT2D eigenvalue weighted by atomic mass is 19.4. The second kappa shape index (κ2) is 5.02. The lowest BCUT2D eigenvalue weighted by Crippen LogP contribution is -2.19. The van der Waals surface area contributed by atoms with Crippen LogP contribution in [-0.4, -0.2) is 16.1 Å². The normalized spacial score (nSPS) is 23.1. The Morgan fingerprint density at radius 3 is 2.76 bits per heavy atom. The molecule has 0 radical (unpaired) electrons. The Morgan fingerprint density at radius 2 is 2.10 bits per heavy atom. The molecule has 1 aliphatic carbocycles. The van der Waals surface area contributed by atoms with Gasteiger partial charge in [-0.25, -0.2) is 4.98 Å². The highest BCUT2D eigenvalue weighted by Crippen LogP contribution is 2.40. The molecule has 0 saturated heterocycles. The number of hydrogen-bond donors (Lipinski definition) is 1. The van der Waals surface area contributed by atoms with E-state index in [1.165, 1.54) is 6.07 Å². The third-order valence-electron chi connectivity index (χ3n) is 4.54. The van der Waals surface area contributed by atoms with Crippen LogP contribution in [0.3, 0.4) is 0 Å². The molecule has 1 heterocycles. The van der Waals surface area contributed by atoms with Crippen molar-refractivity contribution in [1.82, 2.24) is 9.55 Å². The fourth-order valence-electron chi connectivity index (χ4n) is 3.39. The van der Waals surface area contributed by atoms with Crippen LogP contribution >= 0.6 is 0 Å². The summed E-state index contributed by atoms with van der Waals surface area (Å²) < 4.78 is 40.3. The van der Waals surface area contributed by atoms with E-state index < -0.39 is 11.7 Å². The van der Waals surface area contributed by atoms with E-state index in [-0.39, 0.29) is 5.92 Å². The van der Waals surface area contributed by atoms with Gasteiger partial charge < -0.3 is 10.3 Å². The van der Waals surface area contributed by atoms with Crippen molar-refractivity contribution in [3.8, 4) is 0 Å². The smallest absolute Gasteiger partial charge is 0.331 e. The molecule has 2 unspecified atom stereocenters. The summed E-state index contributed by atoms with van der Waals surface area (Å²) in [6.07, 6.45) is -1.16. The summed E-state index contributed by atoms with van der Waals surface area (Å²) in [6, 6.07) is 3.75. The molecule has 0 amide bonds. The van der Waals surface area contributed by atoms with Gasteiger partial charge >= 0.3 is 6.18 Å². The third kappa shape index (κ3) is 2.41. The SMILES string of the molecule is Cn1c(C2CCCC2CN)nc2cc(C(F)(F)F)ccc21. The number of alkyl halides is 3. The van der Waals surface area contributed by atoms with Crippen molar-refractivity contribution >= 4 is 11.0 Å². The summed E-state index contributed by atoms with van der Waals surface area (Å²) in [5, 5.41) is 0. The van der Waals surface area contributed by atoms with Gasteiger partial charge in [0.05, 0.1) is 16.6 Å². The first-order valence-electron chi connectivity index (χ1n) is 7.15. The standard InChI is InChI=1S/C15H18F3N3/c1-21-13-6-5-10(15(16,17)18)7-12(13)20-14(21)11-4-2-3-9(11)8-19/h5-7,9,11H,2-4,8,19H2,1H3. The Balaban J connectivity index is 2.07. The minimum Gasteiger partial charge on any atom is -0.331 e. The Hall–Kier alpha value is -1.56. The van der Waals surface area contributed by atoms with Crippen LogP contribution in [0.15, 0.2) is 18.2 Å². The number of halogens is 3. The van der Waals surface area contributed by atoms with Crippen LogP contribution in [0.1, 0.15) is 36.6 Å². The van der Waals surface area contributed by atoms with Crippen LogP contribution < -0.4 is 5.73 Å². The molecule has 1 saturated carbocycles. The summed E-state index contributed by atoms with van der Waals surface area (Å²) >= 11 is 0. The molecule has 1 aliphatic rings. The zero-order valence-corrected chi connectivity index (χ0v) is 11.8. The summed E-state index contributed by atoms with van der Waals surface area (Å²) in [4.78, 5) is 4.47. The van der Waals surface area contributed by atoms with E-state index in [0.717, 1.165) is 42.7 Å². The Labute approximate surface area is 121 Å². The first kappa shape index (κ1) is 14.4. The lowest BCUT2D eigenvalue weighted by atomic mass is 9.95. The van der Waals surface area contributed by atoms with E-state index in [0.29, 0.717) is 18.0 Å². The van der Waals surface area contributed by atoms with E-state index in [4.69, 9.17) is 5.73 Å². The summed E-state index contributed by atoms with van der Waals surface area (Å²) in [5.41, 5.74) is 6.29. The molecule has 2 N–H and O–H groups in total. The van der Waals surface area contributed by atoms with Gasteiger partial charge in [0.1, 0.15) is 5.82 Å². The number of fused-ring (bicyclic) bond motifs is 1. The molecule has 3 rings (SSSR count). The summed E-state index contributed by atoms with van der Waals surface area (Å²) in [6.45, 7) is 0.599. The molecule has 3 nitrogen and oxygen atoms in total. The van der Waals surface area contributed by atoms with Gasteiger partial charge in [-0.3, -0.25) is 0 Å². The maximum absolute atomic E-state index is 12.8. The van der Waals surface area contributed by atoms with Crippen molar-refractivity contribution in [1.29, 1.82) is 0 Å². The average Bonchev–Trinajstić information content (AvgIpc) is 3.01. The number of imidazole rings is 1. The first-order chi connectivity index (χ1) is 9.91. The largest absolute Gasteiger partial charge is 0.416 e. The van der Waals surface area contributed by atoms with Crippen molar-refractivity contribution < 1.29 is 13.2 Å². The van der Waals surface area contributed by atoms with Crippen LogP contribution in [0.4, 0.5) is 13.2 Å². The lowest BCUT2D eigenvalue weighted by molar-refractivity contribution is -0.137. The predicted molar refractivity (Wildman–Crippen MR) is 74.9 cm³/mol. The molecule has 1 aromatic carbocycles. The first-order valence-corrected chi connectivity index (χ1v) is 7.15. The molecule has 1 fully saturated rings. The number of nitrogens with zero attached hydrogens (tertiary/aromatic N) is 2. The number of hydrogen-bond acceptors (Lipinski definition) is 2. The topological polar surface area (TPSA) is 43.8 Å². The monoisotopic (exact) mass is 297 g/mol. The Bertz CT molecular complexity index is 660. The second-order valence-corrected chi connectivity index (χ2v) is 5.76. The van der Waals surface area contributed by atoms with Gasteiger partial charge in [-0.1, -0.05) is 6.42 Å². The maximum Gasteiger partial charge on any atom is 0.416 e. The minimum atomic E-state index is -4.33. The lowest BCUT2D eigenvalue weighted by Gasteiger charge is -2.17. The van der Waals surface area contributed by atoms with Gasteiger partial charge in [-0.15, -0.1) is 0 Å². The molecule has 6 heteroatoms. The second-order valence-electron chi connectivity index (χ2n) is 5.76. The zero-order valence-electron chi connectivity index (χ0n) is 11.8. The molecule has 0 aliphatic heterocycles. The van der Waals surface area contributed by atoms with E-state index in [9.17, 15) is 13.2 Å². The Kier molecular flexibility index (Phi) is 3.43. The molecule has 21 heavy (non-hydrogen) atoms. The highest BCUT2D eigenvalue weighted by molar-refractivity contribution is 5.77. The molecule has 2 aromatic rings. The van der Waals surface area contributed by atoms with E-state index in [1.807, 2.05) is 11.6 Å². The van der Waals surface area contributed by atoms with Crippen molar-refractivity contribution in [2.24, 2.45) is 18.7 Å². The number of aryl methyl sites for hydroxylation is 1. The van der Waals surface area contributed by atoms with E-state index in [2.05, 4.69) is 4.98 Å². The van der Waals surface area contributed by atoms with Gasteiger partial charge in [-0.2, -0.15) is 13.2 Å². The molecular formula is C15H18F3N3. The van der Waals surface area contributed by atoms with Gasteiger partial charge in [-0.05, 0) is 43.5 Å². The zero-order chi connectivity index (χ0) is 15.2. The number of nitrogens with two attached hydrogens (primary N) is 1. The van der Waals surface area contributed by atoms with Crippen molar-refractivity contribution in [2.45, 2.75) is 31.4 Å². The number of aromatic nitrogens is 2. The predicted octanol–water partition coefficient (Wildman–Crippen LogP) is 3.43. The summed E-state index contributed by atoms with van der Waals surface area (Å²) in [5.74, 6) is 1.49. The Morgan fingerprint density at radius 1 is 1.33 bits per heavy atom. The number of benzene rings is 1. The molecule has 1 aromatic heterocycles. The molecule has 114 valence electrons. The van der Waals surface area contributed by atoms with Gasteiger partial charge in [0.25, 0.3) is 0 Å². The van der Waals surface area contributed by atoms with Crippen LogP contribution in [0.2, 0.25) is 0 Å². The van der Waals surface area contributed by atoms with Crippen LogP contribution in [0.5, 0.6) is 0 Å². The summed E-state index contributed by atoms with van der Waals surface area (Å²) in [7, 11) is 1.86. The van der Waals surface area contributed by atoms with Crippen LogP contribution in [-0.2, 0) is 13.2 Å². The minimum absolute atomic E-state index is 0.252. The average molecular weight is 297 g/mol. The van der Waals surface area contributed by atoms with Crippen molar-refractivity contribution in [2.75, 3.05) is 6.54 Å². The molecule has 0 bridgehead atoms. The number of rotatable bonds is 2. The quantitative estimate of drug-likeness (QED) is 0.923. The highest BCUT2D eigenvalue weighted by Gasteiger charge is 2.33. The molecule has 2 atom stereocenters. The molecular weight excluding hydrogens is 279 g/mol. The van der Waals surface area contributed by atoms with E-state index >= 15 is 0 Å². The van der Waals surface area contributed by atoms with Crippen molar-refractivity contribution in [3.05, 3.63) is 29.6 Å². The fourth-order valence-corrected chi connectivity index (χ4v) is 3.39. The fraction of sp³-hybridized carbons (Fsp3) is 0.533. The maximum atomic E-state index is 12.8.